The molecule has 0 aliphatic carbocycles. The Morgan fingerprint density at radius 3 is 2.65 bits per heavy atom. The van der Waals surface area contributed by atoms with Gasteiger partial charge in [-0.15, -0.1) is 0 Å². The van der Waals surface area contributed by atoms with Crippen LogP contribution in [-0.2, 0) is 0 Å². The third-order valence-corrected chi connectivity index (χ3v) is 3.46. The number of hydrogen-bond donors (Lipinski definition) is 1. The zero-order valence-electron chi connectivity index (χ0n) is 9.54. The lowest BCUT2D eigenvalue weighted by Gasteiger charge is -2.32. The van der Waals surface area contributed by atoms with E-state index in [1.54, 1.807) is 23.1 Å². The predicted octanol–water partition coefficient (Wildman–Crippen LogP) is 2.43. The van der Waals surface area contributed by atoms with Crippen LogP contribution in [0, 0.1) is 0 Å². The van der Waals surface area contributed by atoms with E-state index in [1.807, 2.05) is 6.92 Å². The highest BCUT2D eigenvalue weighted by Gasteiger charge is 2.24. The van der Waals surface area contributed by atoms with E-state index in [4.69, 9.17) is 23.2 Å². The van der Waals surface area contributed by atoms with E-state index in [2.05, 4.69) is 5.32 Å². The first-order valence-corrected chi connectivity index (χ1v) is 6.32. The molecule has 2 rings (SSSR count). The lowest BCUT2D eigenvalue weighted by Crippen LogP contribution is -2.51. The summed E-state index contributed by atoms with van der Waals surface area (Å²) >= 11 is 12.1. The summed E-state index contributed by atoms with van der Waals surface area (Å²) in [6.45, 7) is 4.22. The number of piperazine rings is 1. The van der Waals surface area contributed by atoms with Crippen LogP contribution in [0.2, 0.25) is 10.0 Å². The van der Waals surface area contributed by atoms with Crippen molar-refractivity contribution in [2.45, 2.75) is 13.0 Å². The molecule has 1 aromatic rings. The first kappa shape index (κ1) is 12.7. The van der Waals surface area contributed by atoms with Gasteiger partial charge < -0.3 is 10.2 Å². The molecule has 1 aromatic carbocycles. The number of benzene rings is 1. The maximum absolute atomic E-state index is 12.3. The minimum absolute atomic E-state index is 0.0889. The molecular weight excluding hydrogens is 259 g/mol. The monoisotopic (exact) mass is 272 g/mol. The van der Waals surface area contributed by atoms with Crippen LogP contribution in [0.25, 0.3) is 0 Å². The van der Waals surface area contributed by atoms with Crippen molar-refractivity contribution in [2.75, 3.05) is 19.6 Å². The third kappa shape index (κ3) is 2.73. The van der Waals surface area contributed by atoms with Gasteiger partial charge in [0.1, 0.15) is 0 Å². The maximum atomic E-state index is 12.3. The fourth-order valence-electron chi connectivity index (χ4n) is 1.98. The van der Waals surface area contributed by atoms with Crippen molar-refractivity contribution < 1.29 is 4.79 Å². The number of halogens is 2. The van der Waals surface area contributed by atoms with Gasteiger partial charge in [-0.2, -0.15) is 0 Å². The smallest absolute Gasteiger partial charge is 0.256 e. The molecule has 92 valence electrons. The number of carbonyl (C=O) groups excluding carboxylic acids is 1. The summed E-state index contributed by atoms with van der Waals surface area (Å²) in [4.78, 5) is 14.1. The number of nitrogens with zero attached hydrogens (tertiary/aromatic N) is 1. The number of hydrogen-bond acceptors (Lipinski definition) is 2. The van der Waals surface area contributed by atoms with Crippen LogP contribution in [0.15, 0.2) is 18.2 Å². The number of nitrogens with one attached hydrogen (secondary N) is 1. The Morgan fingerprint density at radius 2 is 2.06 bits per heavy atom. The zero-order valence-corrected chi connectivity index (χ0v) is 11.1. The summed E-state index contributed by atoms with van der Waals surface area (Å²) in [5.74, 6) is -0.0889. The topological polar surface area (TPSA) is 32.3 Å². The number of carbonyl (C=O) groups is 1. The van der Waals surface area contributed by atoms with E-state index in [0.717, 1.165) is 6.54 Å². The molecule has 17 heavy (non-hydrogen) atoms. The average molecular weight is 273 g/mol. The summed E-state index contributed by atoms with van der Waals surface area (Å²) < 4.78 is 0. The molecule has 0 aromatic heterocycles. The molecule has 1 heterocycles. The molecule has 3 nitrogen and oxygen atoms in total. The molecule has 1 amide bonds. The Hall–Kier alpha value is -0.770. The lowest BCUT2D eigenvalue weighted by atomic mass is 10.1. The van der Waals surface area contributed by atoms with Crippen molar-refractivity contribution in [3.8, 4) is 0 Å². The van der Waals surface area contributed by atoms with Gasteiger partial charge in [-0.1, -0.05) is 29.3 Å². The molecule has 0 spiro atoms. The molecule has 5 heteroatoms. The fourth-order valence-corrected chi connectivity index (χ4v) is 2.54. The van der Waals surface area contributed by atoms with Crippen molar-refractivity contribution in [3.63, 3.8) is 0 Å². The van der Waals surface area contributed by atoms with Gasteiger partial charge in [0, 0.05) is 25.7 Å². The summed E-state index contributed by atoms with van der Waals surface area (Å²) in [5, 5.41) is 4.11. The van der Waals surface area contributed by atoms with E-state index in [0.29, 0.717) is 34.7 Å². The van der Waals surface area contributed by atoms with Gasteiger partial charge in [0.05, 0.1) is 15.6 Å². The second-order valence-corrected chi connectivity index (χ2v) is 5.02. The third-order valence-electron chi connectivity index (χ3n) is 2.83. The molecular formula is C12H14Cl2N2O. The summed E-state index contributed by atoms with van der Waals surface area (Å²) in [6.07, 6.45) is 0. The van der Waals surface area contributed by atoms with Gasteiger partial charge in [0.25, 0.3) is 5.91 Å². The highest BCUT2D eigenvalue weighted by molar-refractivity contribution is 6.39. The van der Waals surface area contributed by atoms with Crippen LogP contribution in [0.4, 0.5) is 0 Å². The van der Waals surface area contributed by atoms with E-state index in [-0.39, 0.29) is 5.91 Å². The van der Waals surface area contributed by atoms with Crippen molar-refractivity contribution in [1.82, 2.24) is 10.2 Å². The fraction of sp³-hybridized carbons (Fsp3) is 0.417. The maximum Gasteiger partial charge on any atom is 0.256 e. The van der Waals surface area contributed by atoms with Crippen LogP contribution < -0.4 is 5.32 Å². The molecule has 0 radical (unpaired) electrons. The van der Waals surface area contributed by atoms with Gasteiger partial charge in [0.2, 0.25) is 0 Å². The van der Waals surface area contributed by atoms with E-state index in [1.165, 1.54) is 0 Å². The summed E-state index contributed by atoms with van der Waals surface area (Å²) in [6, 6.07) is 5.41. The van der Waals surface area contributed by atoms with Crippen molar-refractivity contribution in [2.24, 2.45) is 0 Å². The van der Waals surface area contributed by atoms with E-state index < -0.39 is 0 Å². The van der Waals surface area contributed by atoms with Gasteiger partial charge in [-0.25, -0.2) is 0 Å². The quantitative estimate of drug-likeness (QED) is 0.852. The van der Waals surface area contributed by atoms with Crippen molar-refractivity contribution >= 4 is 29.1 Å². The van der Waals surface area contributed by atoms with Crippen LogP contribution in [0.1, 0.15) is 17.3 Å². The second kappa shape index (κ2) is 5.25. The van der Waals surface area contributed by atoms with E-state index in [9.17, 15) is 4.79 Å². The predicted molar refractivity (Wildman–Crippen MR) is 69.8 cm³/mol. The standard InChI is InChI=1S/C12H14Cl2N2O/c1-8-7-16(6-5-15-8)12(17)11-9(13)3-2-4-10(11)14/h2-4,8,15H,5-7H2,1H3/t8-/m0/s1. The minimum atomic E-state index is -0.0889. The number of amides is 1. The highest BCUT2D eigenvalue weighted by atomic mass is 35.5. The average Bonchev–Trinajstić information content (AvgIpc) is 2.28. The van der Waals surface area contributed by atoms with Gasteiger partial charge in [-0.05, 0) is 19.1 Å². The summed E-state index contributed by atoms with van der Waals surface area (Å²) in [7, 11) is 0. The molecule has 1 N–H and O–H groups in total. The lowest BCUT2D eigenvalue weighted by molar-refractivity contribution is 0.0709. The van der Waals surface area contributed by atoms with Gasteiger partial charge in [-0.3, -0.25) is 4.79 Å². The SMILES string of the molecule is C[C@H]1CN(C(=O)c2c(Cl)cccc2Cl)CCN1. The van der Waals surface area contributed by atoms with Gasteiger partial charge >= 0.3 is 0 Å². The summed E-state index contributed by atoms with van der Waals surface area (Å²) in [5.41, 5.74) is 0.407. The van der Waals surface area contributed by atoms with Gasteiger partial charge in [0.15, 0.2) is 0 Å². The Bertz CT molecular complexity index is 416. The first-order chi connectivity index (χ1) is 8.09. The van der Waals surface area contributed by atoms with Crippen LogP contribution in [0.5, 0.6) is 0 Å². The van der Waals surface area contributed by atoms with Crippen LogP contribution >= 0.6 is 23.2 Å². The minimum Gasteiger partial charge on any atom is -0.336 e. The Morgan fingerprint density at radius 1 is 1.41 bits per heavy atom. The Labute approximate surface area is 111 Å². The molecule has 1 aliphatic heterocycles. The normalized spacial score (nSPS) is 20.4. The second-order valence-electron chi connectivity index (χ2n) is 4.20. The Kier molecular flexibility index (Phi) is 3.92. The van der Waals surface area contributed by atoms with Crippen molar-refractivity contribution in [3.05, 3.63) is 33.8 Å². The molecule has 0 saturated carbocycles. The molecule has 1 fully saturated rings. The largest absolute Gasteiger partial charge is 0.336 e. The molecule has 1 aliphatic rings. The highest BCUT2D eigenvalue weighted by Crippen LogP contribution is 2.25. The number of rotatable bonds is 1. The molecule has 0 bridgehead atoms. The van der Waals surface area contributed by atoms with Crippen molar-refractivity contribution in [1.29, 1.82) is 0 Å². The molecule has 0 unspecified atom stereocenters. The zero-order chi connectivity index (χ0) is 12.4. The Balaban J connectivity index is 2.24. The first-order valence-electron chi connectivity index (χ1n) is 5.56. The molecule has 1 saturated heterocycles. The van der Waals surface area contributed by atoms with E-state index >= 15 is 0 Å². The van der Waals surface area contributed by atoms with Crippen LogP contribution in [0.3, 0.4) is 0 Å². The van der Waals surface area contributed by atoms with Crippen LogP contribution in [-0.4, -0.2) is 36.5 Å². The molecule has 1 atom stereocenters.